The minimum Gasteiger partial charge on any atom is -0.384 e. The molecule has 0 spiro atoms. The average Bonchev–Trinajstić information content (AvgIpc) is 2.68. The second-order valence-corrected chi connectivity index (χ2v) is 4.29. The molecule has 2 radical (unpaired) electrons. The van der Waals surface area contributed by atoms with E-state index in [-0.39, 0.29) is 0 Å². The molecule has 3 heteroatoms. The molecular formula is C13H21NO2. The van der Waals surface area contributed by atoms with E-state index in [1.807, 2.05) is 0 Å². The summed E-state index contributed by atoms with van der Waals surface area (Å²) in [4.78, 5) is 0. The third kappa shape index (κ3) is 3.77. The number of methoxy groups -OCH3 is 1. The van der Waals surface area contributed by atoms with Gasteiger partial charge in [-0.3, -0.25) is 0 Å². The van der Waals surface area contributed by atoms with Crippen LogP contribution < -0.4 is 0 Å². The van der Waals surface area contributed by atoms with Crippen LogP contribution >= 0.6 is 0 Å². The summed E-state index contributed by atoms with van der Waals surface area (Å²) in [5.74, 6) is 1.62. The maximum Gasteiger partial charge on any atom is 0.0645 e. The van der Waals surface area contributed by atoms with E-state index in [2.05, 4.69) is 19.4 Å². The molecule has 0 N–H and O–H groups in total. The minimum atomic E-state index is 0.463. The molecule has 3 nitrogen and oxygen atoms in total. The topological polar surface area (TPSA) is 42.2 Å². The molecule has 0 heterocycles. The van der Waals surface area contributed by atoms with Gasteiger partial charge < -0.3 is 9.47 Å². The van der Waals surface area contributed by atoms with Crippen LogP contribution in [0.4, 0.5) is 0 Å². The predicted molar refractivity (Wildman–Crippen MR) is 62.3 cm³/mol. The highest BCUT2D eigenvalue weighted by Gasteiger charge is 2.35. The lowest BCUT2D eigenvalue weighted by molar-refractivity contribution is 0.0580. The Bertz CT molecular complexity index is 224. The molecule has 0 aromatic heterocycles. The molecule has 1 fully saturated rings. The first-order valence-corrected chi connectivity index (χ1v) is 5.89. The van der Waals surface area contributed by atoms with E-state index in [1.165, 1.54) is 0 Å². The van der Waals surface area contributed by atoms with Crippen LogP contribution in [0.15, 0.2) is 0 Å². The van der Waals surface area contributed by atoms with Crippen LogP contribution in [0.3, 0.4) is 0 Å². The number of hydrogen-bond donors (Lipinski definition) is 0. The monoisotopic (exact) mass is 223 g/mol. The summed E-state index contributed by atoms with van der Waals surface area (Å²) in [5, 5.41) is 8.41. The summed E-state index contributed by atoms with van der Waals surface area (Å²) in [6, 6.07) is 2.08. The molecule has 1 rings (SSSR count). The Labute approximate surface area is 98.7 Å². The van der Waals surface area contributed by atoms with Gasteiger partial charge in [0.2, 0.25) is 0 Å². The second-order valence-electron chi connectivity index (χ2n) is 4.29. The van der Waals surface area contributed by atoms with Crippen LogP contribution in [0, 0.1) is 42.4 Å². The predicted octanol–water partition coefficient (Wildman–Crippen LogP) is 2.24. The number of nitrogens with zero attached hydrogens (tertiary/aromatic N) is 1. The molecule has 1 aliphatic rings. The summed E-state index contributed by atoms with van der Waals surface area (Å²) in [7, 11) is 1.74. The van der Waals surface area contributed by atoms with Crippen LogP contribution in [-0.4, -0.2) is 26.9 Å². The Morgan fingerprint density at radius 1 is 1.50 bits per heavy atom. The first-order valence-electron chi connectivity index (χ1n) is 5.89. The van der Waals surface area contributed by atoms with Crippen LogP contribution in [0.5, 0.6) is 0 Å². The van der Waals surface area contributed by atoms with Crippen LogP contribution in [0.2, 0.25) is 0 Å². The van der Waals surface area contributed by atoms with Crippen LogP contribution in [-0.2, 0) is 9.47 Å². The van der Waals surface area contributed by atoms with E-state index >= 15 is 0 Å². The number of nitriles is 1. The fraction of sp³-hybridized carbons (Fsp3) is 0.769. The van der Waals surface area contributed by atoms with Crippen LogP contribution in [0.25, 0.3) is 0 Å². The Balaban J connectivity index is 2.31. The van der Waals surface area contributed by atoms with Crippen molar-refractivity contribution in [2.75, 3.05) is 26.9 Å². The van der Waals surface area contributed by atoms with E-state index in [4.69, 9.17) is 14.7 Å². The van der Waals surface area contributed by atoms with Crippen molar-refractivity contribution >= 4 is 0 Å². The molecule has 1 saturated carbocycles. The maximum absolute atomic E-state index is 8.41. The fourth-order valence-corrected chi connectivity index (χ4v) is 2.36. The van der Waals surface area contributed by atoms with E-state index in [9.17, 15) is 0 Å². The van der Waals surface area contributed by atoms with E-state index < -0.39 is 0 Å². The smallest absolute Gasteiger partial charge is 0.0645 e. The van der Waals surface area contributed by atoms with Gasteiger partial charge in [0.15, 0.2) is 0 Å². The quantitative estimate of drug-likeness (QED) is 0.622. The van der Waals surface area contributed by atoms with Gasteiger partial charge in [-0.1, -0.05) is 13.3 Å². The molecular weight excluding hydrogens is 202 g/mol. The van der Waals surface area contributed by atoms with Gasteiger partial charge in [0, 0.05) is 13.7 Å². The van der Waals surface area contributed by atoms with Gasteiger partial charge in [-0.15, -0.1) is 0 Å². The van der Waals surface area contributed by atoms with Gasteiger partial charge in [-0.2, -0.15) is 5.26 Å². The van der Waals surface area contributed by atoms with Gasteiger partial charge in [0.1, 0.15) is 0 Å². The van der Waals surface area contributed by atoms with Crippen LogP contribution in [0.1, 0.15) is 19.3 Å². The molecule has 0 saturated heterocycles. The highest BCUT2D eigenvalue weighted by molar-refractivity contribution is 4.96. The molecule has 0 aliphatic heterocycles. The lowest BCUT2D eigenvalue weighted by Crippen LogP contribution is -2.23. The Kier molecular flexibility index (Phi) is 6.44. The summed E-state index contributed by atoms with van der Waals surface area (Å²) >= 11 is 0. The fourth-order valence-electron chi connectivity index (χ4n) is 2.36. The first kappa shape index (κ1) is 13.5. The average molecular weight is 223 g/mol. The lowest BCUT2D eigenvalue weighted by Gasteiger charge is -2.23. The van der Waals surface area contributed by atoms with Crippen molar-refractivity contribution in [2.45, 2.75) is 19.3 Å². The molecule has 1 aliphatic carbocycles. The number of ether oxygens (including phenoxy) is 2. The van der Waals surface area contributed by atoms with Crippen molar-refractivity contribution in [3.63, 3.8) is 0 Å². The highest BCUT2D eigenvalue weighted by Crippen LogP contribution is 2.38. The largest absolute Gasteiger partial charge is 0.384 e. The molecule has 3 atom stereocenters. The molecule has 3 unspecified atom stereocenters. The summed E-state index contributed by atoms with van der Waals surface area (Å²) in [6.07, 6.45) is 4.87. The number of rotatable bonds is 7. The third-order valence-electron chi connectivity index (χ3n) is 3.30. The minimum absolute atomic E-state index is 0.463. The molecule has 16 heavy (non-hydrogen) atoms. The Morgan fingerprint density at radius 2 is 2.31 bits per heavy atom. The summed E-state index contributed by atoms with van der Waals surface area (Å²) < 4.78 is 10.8. The lowest BCUT2D eigenvalue weighted by atomic mass is 9.89. The third-order valence-corrected chi connectivity index (χ3v) is 3.30. The zero-order valence-corrected chi connectivity index (χ0v) is 10.0. The SMILES string of the molecule is [CH2]CC1C[CH]C(COCCC#N)C1COC. The normalized spacial score (nSPS) is 29.2. The first-order chi connectivity index (χ1) is 7.83. The van der Waals surface area contributed by atoms with Crippen molar-refractivity contribution in [3.05, 3.63) is 13.3 Å². The summed E-state index contributed by atoms with van der Waals surface area (Å²) in [6.45, 7) is 6.02. The van der Waals surface area contributed by atoms with Crippen molar-refractivity contribution in [1.29, 1.82) is 5.26 Å². The number of hydrogen-bond acceptors (Lipinski definition) is 3. The van der Waals surface area contributed by atoms with Crippen molar-refractivity contribution < 1.29 is 9.47 Å². The highest BCUT2D eigenvalue weighted by atomic mass is 16.5. The standard InChI is InChI=1S/C13H21NO2/c1-3-11-5-6-12(13(11)10-15-2)9-16-8-4-7-14/h6,11-13H,1,3-5,8-10H2,2H3. The zero-order chi connectivity index (χ0) is 11.8. The molecule has 0 amide bonds. The van der Waals surface area contributed by atoms with Gasteiger partial charge in [0.05, 0.1) is 25.7 Å². The van der Waals surface area contributed by atoms with Crippen molar-refractivity contribution in [3.8, 4) is 6.07 Å². The molecule has 0 bridgehead atoms. The zero-order valence-electron chi connectivity index (χ0n) is 10.0. The van der Waals surface area contributed by atoms with Crippen molar-refractivity contribution in [2.24, 2.45) is 17.8 Å². The van der Waals surface area contributed by atoms with Gasteiger partial charge in [-0.05, 0) is 30.6 Å². The Morgan fingerprint density at radius 3 is 2.94 bits per heavy atom. The van der Waals surface area contributed by atoms with Gasteiger partial charge in [-0.25, -0.2) is 0 Å². The van der Waals surface area contributed by atoms with E-state index in [1.54, 1.807) is 7.11 Å². The molecule has 90 valence electrons. The Hall–Kier alpha value is -0.590. The van der Waals surface area contributed by atoms with Gasteiger partial charge in [0.25, 0.3) is 0 Å². The molecule has 0 aromatic carbocycles. The van der Waals surface area contributed by atoms with Gasteiger partial charge >= 0.3 is 0 Å². The van der Waals surface area contributed by atoms with E-state index in [0.717, 1.165) is 19.4 Å². The van der Waals surface area contributed by atoms with E-state index in [0.29, 0.717) is 37.4 Å². The second kappa shape index (κ2) is 7.65. The van der Waals surface area contributed by atoms with Crippen molar-refractivity contribution in [1.82, 2.24) is 0 Å². The molecule has 0 aromatic rings. The maximum atomic E-state index is 8.41. The summed E-state index contributed by atoms with van der Waals surface area (Å²) in [5.41, 5.74) is 0.